The molecule has 1 heterocycles. The summed E-state index contributed by atoms with van der Waals surface area (Å²) in [5.74, 6) is -0.362. The van der Waals surface area contributed by atoms with E-state index >= 15 is 0 Å². The van der Waals surface area contributed by atoms with Crippen molar-refractivity contribution < 1.29 is 9.59 Å². The van der Waals surface area contributed by atoms with Crippen molar-refractivity contribution in [1.82, 2.24) is 0 Å². The minimum Gasteiger partial charge on any atom is -0.432 e. The molecule has 1 aromatic rings. The average Bonchev–Trinajstić information content (AvgIpc) is 2.92. The first-order chi connectivity index (χ1) is 12.4. The van der Waals surface area contributed by atoms with Crippen molar-refractivity contribution in [3.05, 3.63) is 28.8 Å². The Morgan fingerprint density at radius 1 is 1.33 bits per heavy atom. The molecule has 1 amide bonds. The topological polar surface area (TPSA) is 92.6 Å². The smallest absolute Gasteiger partial charge is 0.250 e. The molecule has 1 aliphatic heterocycles. The number of unbranched alkanes of at least 4 members (excludes halogenated alkanes) is 1. The summed E-state index contributed by atoms with van der Waals surface area (Å²) in [4.78, 5) is 24.8. The molecule has 152 valence electrons. The number of rotatable bonds is 9. The highest BCUT2D eigenvalue weighted by atomic mass is 28.4. The van der Waals surface area contributed by atoms with E-state index in [0.29, 0.717) is 5.56 Å². The van der Waals surface area contributed by atoms with Crippen molar-refractivity contribution in [1.29, 1.82) is 0 Å². The average molecular weight is 392 g/mol. The van der Waals surface area contributed by atoms with Gasteiger partial charge < -0.3 is 21.2 Å². The van der Waals surface area contributed by atoms with Crippen LogP contribution in [0.25, 0.3) is 0 Å². The van der Waals surface area contributed by atoms with Crippen molar-refractivity contribution in [3.8, 4) is 0 Å². The van der Waals surface area contributed by atoms with Crippen LogP contribution in [-0.4, -0.2) is 38.2 Å². The van der Waals surface area contributed by atoms with Gasteiger partial charge in [0.15, 0.2) is 8.32 Å². The van der Waals surface area contributed by atoms with E-state index in [-0.39, 0.29) is 17.0 Å². The van der Waals surface area contributed by atoms with Gasteiger partial charge in [-0.1, -0.05) is 26.3 Å². The van der Waals surface area contributed by atoms with Gasteiger partial charge in [0.05, 0.1) is 11.3 Å². The highest BCUT2D eigenvalue weighted by Crippen LogP contribution is 2.40. The van der Waals surface area contributed by atoms with Gasteiger partial charge in [0.1, 0.15) is 0 Å². The zero-order valence-electron chi connectivity index (χ0n) is 17.6. The van der Waals surface area contributed by atoms with Crippen molar-refractivity contribution >= 4 is 19.9 Å². The van der Waals surface area contributed by atoms with Gasteiger partial charge in [0.2, 0.25) is 0 Å². The predicted octanol–water partition coefficient (Wildman–Crippen LogP) is 3.19. The third-order valence-corrected chi connectivity index (χ3v) is 9.74. The van der Waals surface area contributed by atoms with Gasteiger partial charge in [-0.05, 0) is 67.9 Å². The van der Waals surface area contributed by atoms with E-state index in [1.807, 2.05) is 26.1 Å². The van der Waals surface area contributed by atoms with Gasteiger partial charge in [0, 0.05) is 19.1 Å². The summed E-state index contributed by atoms with van der Waals surface area (Å²) in [5, 5.41) is 0.0160. The number of nitrogens with two attached hydrogens (primary N) is 2. The van der Waals surface area contributed by atoms with Crippen LogP contribution in [0.1, 0.15) is 61.5 Å². The molecular weight excluding hydrogens is 354 g/mol. The lowest BCUT2D eigenvalue weighted by molar-refractivity contribution is 0.100. The van der Waals surface area contributed by atoms with E-state index in [4.69, 9.17) is 11.5 Å². The molecule has 6 heteroatoms. The Morgan fingerprint density at radius 2 is 2.00 bits per heavy atom. The maximum atomic E-state index is 12.1. The van der Waals surface area contributed by atoms with E-state index < -0.39 is 8.32 Å². The van der Waals surface area contributed by atoms with Gasteiger partial charge in [-0.25, -0.2) is 0 Å². The maximum absolute atomic E-state index is 12.1. The molecule has 2 rings (SSSR count). The summed E-state index contributed by atoms with van der Waals surface area (Å²) in [6.07, 6.45) is 4.85. The van der Waals surface area contributed by atoms with Gasteiger partial charge in [0.25, 0.3) is 5.91 Å². The molecule has 0 radical (unpaired) electrons. The Hall–Kier alpha value is -1.37. The van der Waals surface area contributed by atoms with E-state index in [1.165, 1.54) is 5.56 Å². The summed E-state index contributed by atoms with van der Waals surface area (Å²) in [6.45, 7) is 12.2. The molecule has 1 atom stereocenters. The third kappa shape index (κ3) is 5.33. The fraction of sp³-hybridized carbons (Fsp3) is 0.667. The lowest BCUT2D eigenvalue weighted by atomic mass is 9.98. The molecule has 5 N–H and O–H groups in total. The SMILES string of the molecule is C[C@@H](N)Cc1cc2c(c(C(N)=O)c1)N(CCCCC(C)(C)[Si](C)(C)O)CC2. The number of amides is 1. The first-order valence-electron chi connectivity index (χ1n) is 10.1. The standard InChI is InChI=1S/C21H37N3O2Si/c1-15(22)12-16-13-17-8-11-24(19(17)18(14-16)20(23)25)10-7-6-9-21(2,3)27(4,5)26/h13-15,26H,6-12,22H2,1-5H3,(H2,23,25)/t15-/m1/s1. The number of carbonyl (C=O) groups is 1. The minimum atomic E-state index is -2.15. The molecule has 0 unspecified atom stereocenters. The number of hydrogen-bond acceptors (Lipinski definition) is 4. The van der Waals surface area contributed by atoms with Crippen molar-refractivity contribution in [2.75, 3.05) is 18.0 Å². The van der Waals surface area contributed by atoms with Crippen LogP contribution in [0.4, 0.5) is 5.69 Å². The first kappa shape index (κ1) is 21.9. The predicted molar refractivity (Wildman–Crippen MR) is 116 cm³/mol. The molecule has 0 fully saturated rings. The fourth-order valence-corrected chi connectivity index (χ4v) is 4.56. The van der Waals surface area contributed by atoms with Crippen LogP contribution in [-0.2, 0) is 12.8 Å². The van der Waals surface area contributed by atoms with Crippen molar-refractivity contribution in [2.45, 2.75) is 77.0 Å². The number of primary amides is 1. The summed E-state index contributed by atoms with van der Waals surface area (Å²) in [5.41, 5.74) is 15.6. The third-order valence-electron chi connectivity index (χ3n) is 6.18. The lowest BCUT2D eigenvalue weighted by Gasteiger charge is -2.35. The van der Waals surface area contributed by atoms with E-state index in [9.17, 15) is 9.59 Å². The first-order valence-corrected chi connectivity index (χ1v) is 13.1. The molecule has 0 bridgehead atoms. The molecule has 0 saturated carbocycles. The Balaban J connectivity index is 2.06. The summed E-state index contributed by atoms with van der Waals surface area (Å²) in [6, 6.07) is 4.17. The Labute approximate surface area is 165 Å². The van der Waals surface area contributed by atoms with Gasteiger partial charge >= 0.3 is 0 Å². The molecule has 5 nitrogen and oxygen atoms in total. The molecule has 1 aromatic carbocycles. The highest BCUT2D eigenvalue weighted by Gasteiger charge is 2.37. The van der Waals surface area contributed by atoms with Crippen LogP contribution in [0.3, 0.4) is 0 Å². The minimum absolute atomic E-state index is 0.0160. The normalized spacial score (nSPS) is 15.7. The summed E-state index contributed by atoms with van der Waals surface area (Å²) >= 11 is 0. The van der Waals surface area contributed by atoms with Crippen LogP contribution in [0.5, 0.6) is 0 Å². The number of benzene rings is 1. The summed E-state index contributed by atoms with van der Waals surface area (Å²) < 4.78 is 0. The second-order valence-electron chi connectivity index (χ2n) is 9.33. The quantitative estimate of drug-likeness (QED) is 0.445. The van der Waals surface area contributed by atoms with Crippen LogP contribution >= 0.6 is 0 Å². The molecule has 0 saturated heterocycles. The molecule has 0 aliphatic carbocycles. The number of anilines is 1. The Bertz CT molecular complexity index is 681. The zero-order valence-corrected chi connectivity index (χ0v) is 18.6. The van der Waals surface area contributed by atoms with Crippen LogP contribution < -0.4 is 16.4 Å². The molecule has 1 aliphatic rings. The number of nitrogens with zero attached hydrogens (tertiary/aromatic N) is 1. The molecule has 0 spiro atoms. The zero-order chi connectivity index (χ0) is 20.4. The van der Waals surface area contributed by atoms with Crippen molar-refractivity contribution in [2.24, 2.45) is 11.5 Å². The largest absolute Gasteiger partial charge is 0.432 e. The molecule has 0 aromatic heterocycles. The Morgan fingerprint density at radius 3 is 2.56 bits per heavy atom. The number of fused-ring (bicyclic) bond motifs is 1. The van der Waals surface area contributed by atoms with Crippen LogP contribution in [0, 0.1) is 0 Å². The Kier molecular flexibility index (Phi) is 6.76. The van der Waals surface area contributed by atoms with Crippen molar-refractivity contribution in [3.63, 3.8) is 0 Å². The van der Waals surface area contributed by atoms with E-state index in [0.717, 1.165) is 56.4 Å². The maximum Gasteiger partial charge on any atom is 0.250 e. The molecule has 27 heavy (non-hydrogen) atoms. The summed E-state index contributed by atoms with van der Waals surface area (Å²) in [7, 11) is -2.15. The highest BCUT2D eigenvalue weighted by molar-refractivity contribution is 6.72. The molecular formula is C21H37N3O2Si. The van der Waals surface area contributed by atoms with Gasteiger partial charge in [-0.15, -0.1) is 0 Å². The monoisotopic (exact) mass is 391 g/mol. The van der Waals surface area contributed by atoms with Gasteiger partial charge in [-0.3, -0.25) is 4.79 Å². The lowest BCUT2D eigenvalue weighted by Crippen LogP contribution is -2.39. The number of hydrogen-bond donors (Lipinski definition) is 3. The second kappa shape index (κ2) is 8.33. The fourth-order valence-electron chi connectivity index (χ4n) is 3.77. The van der Waals surface area contributed by atoms with E-state index in [1.54, 1.807) is 0 Å². The number of carbonyl (C=O) groups excluding carboxylic acids is 1. The van der Waals surface area contributed by atoms with Crippen LogP contribution in [0.15, 0.2) is 12.1 Å². The van der Waals surface area contributed by atoms with Gasteiger partial charge in [-0.2, -0.15) is 0 Å². The van der Waals surface area contributed by atoms with E-state index in [2.05, 4.69) is 24.8 Å². The van der Waals surface area contributed by atoms with Crippen LogP contribution in [0.2, 0.25) is 18.1 Å². The second-order valence-corrected chi connectivity index (χ2v) is 13.8.